The van der Waals surface area contributed by atoms with Crippen LogP contribution < -0.4 is 5.32 Å². The third kappa shape index (κ3) is 7.34. The van der Waals surface area contributed by atoms with Crippen molar-refractivity contribution >= 4 is 5.91 Å². The van der Waals surface area contributed by atoms with Crippen molar-refractivity contribution in [3.8, 4) is 0 Å². The van der Waals surface area contributed by atoms with E-state index in [0.29, 0.717) is 11.1 Å². The molecule has 2 aliphatic rings. The topological polar surface area (TPSA) is 75.3 Å². The van der Waals surface area contributed by atoms with Gasteiger partial charge in [0.25, 0.3) is 5.91 Å². The molecule has 4 atom stereocenters. The number of benzene rings is 2. The van der Waals surface area contributed by atoms with Crippen LogP contribution in [0.3, 0.4) is 0 Å². The van der Waals surface area contributed by atoms with E-state index in [4.69, 9.17) is 23.7 Å². The summed E-state index contributed by atoms with van der Waals surface area (Å²) in [6.45, 7) is 3.78. The quantitative estimate of drug-likeness (QED) is 0.337. The third-order valence-electron chi connectivity index (χ3n) is 6.78. The molecule has 0 radical (unpaired) electrons. The number of methoxy groups -OCH3 is 1. The van der Waals surface area contributed by atoms with Crippen LogP contribution in [0.1, 0.15) is 43.4 Å². The highest BCUT2D eigenvalue weighted by Crippen LogP contribution is 2.44. The number of carbonyl (C=O) groups is 1. The van der Waals surface area contributed by atoms with Gasteiger partial charge in [-0.2, -0.15) is 13.2 Å². The van der Waals surface area contributed by atoms with E-state index in [0.717, 1.165) is 12.1 Å². The van der Waals surface area contributed by atoms with E-state index in [-0.39, 0.29) is 39.2 Å². The minimum Gasteiger partial charge on any atom is -0.383 e. The molecular weight excluding hydrogens is 522 g/mol. The molecule has 1 aliphatic carbocycles. The Balaban J connectivity index is 1.59. The Morgan fingerprint density at radius 3 is 2.46 bits per heavy atom. The van der Waals surface area contributed by atoms with E-state index >= 15 is 0 Å². The lowest BCUT2D eigenvalue weighted by Gasteiger charge is -2.43. The maximum atomic E-state index is 13.8. The fraction of sp³-hybridized carbons (Fsp3) is 0.536. The average Bonchev–Trinajstić information content (AvgIpc) is 3.19. The number of rotatable bonds is 10. The van der Waals surface area contributed by atoms with E-state index in [9.17, 15) is 22.4 Å². The van der Waals surface area contributed by atoms with Gasteiger partial charge in [0, 0.05) is 26.5 Å². The van der Waals surface area contributed by atoms with Gasteiger partial charge in [-0.15, -0.1) is 0 Å². The molecule has 2 fully saturated rings. The van der Waals surface area contributed by atoms with Gasteiger partial charge in [0.1, 0.15) is 11.9 Å². The molecule has 2 aromatic carbocycles. The molecule has 1 saturated heterocycles. The Labute approximate surface area is 224 Å². The van der Waals surface area contributed by atoms with Crippen molar-refractivity contribution < 1.29 is 46.0 Å². The van der Waals surface area contributed by atoms with Crippen LogP contribution in [-0.2, 0) is 47.9 Å². The minimum atomic E-state index is -4.49. The van der Waals surface area contributed by atoms with Crippen LogP contribution in [0.15, 0.2) is 48.5 Å². The first-order valence-corrected chi connectivity index (χ1v) is 12.7. The lowest BCUT2D eigenvalue weighted by molar-refractivity contribution is -0.183. The predicted molar refractivity (Wildman–Crippen MR) is 132 cm³/mol. The van der Waals surface area contributed by atoms with Gasteiger partial charge in [-0.25, -0.2) is 4.39 Å². The highest BCUT2D eigenvalue weighted by Gasteiger charge is 2.58. The summed E-state index contributed by atoms with van der Waals surface area (Å²) in [5.74, 6) is -1.83. The van der Waals surface area contributed by atoms with Crippen molar-refractivity contribution in [1.29, 1.82) is 0 Å². The molecule has 1 unspecified atom stereocenters. The van der Waals surface area contributed by atoms with Crippen LogP contribution in [0.2, 0.25) is 0 Å². The van der Waals surface area contributed by atoms with E-state index < -0.39 is 53.2 Å². The number of ether oxygens (including phenoxy) is 5. The van der Waals surface area contributed by atoms with Crippen LogP contribution in [0.5, 0.6) is 0 Å². The Morgan fingerprint density at radius 2 is 1.77 bits per heavy atom. The molecule has 1 amide bonds. The molecule has 0 bridgehead atoms. The average molecular weight is 556 g/mol. The smallest absolute Gasteiger partial charge is 0.383 e. The van der Waals surface area contributed by atoms with Crippen molar-refractivity contribution in [1.82, 2.24) is 5.32 Å². The Morgan fingerprint density at radius 1 is 1.05 bits per heavy atom. The second kappa shape index (κ2) is 11.9. The molecule has 214 valence electrons. The highest BCUT2D eigenvalue weighted by atomic mass is 19.4. The second-order valence-electron chi connectivity index (χ2n) is 10.3. The number of halogens is 4. The summed E-state index contributed by atoms with van der Waals surface area (Å²) >= 11 is 0. The Bertz CT molecular complexity index is 1140. The van der Waals surface area contributed by atoms with Gasteiger partial charge in [0.2, 0.25) is 0 Å². The lowest BCUT2D eigenvalue weighted by Crippen LogP contribution is -2.60. The molecule has 11 heteroatoms. The lowest BCUT2D eigenvalue weighted by atomic mass is 9.78. The maximum Gasteiger partial charge on any atom is 0.416 e. The third-order valence-corrected chi connectivity index (χ3v) is 6.78. The van der Waals surface area contributed by atoms with Crippen LogP contribution in [0, 0.1) is 5.82 Å². The fourth-order valence-corrected chi connectivity index (χ4v) is 5.02. The Hall–Kier alpha value is -2.57. The van der Waals surface area contributed by atoms with Crippen LogP contribution in [-0.4, -0.2) is 55.9 Å². The largest absolute Gasteiger partial charge is 0.416 e. The number of carbonyl (C=O) groups excluding carboxylic acids is 1. The van der Waals surface area contributed by atoms with Crippen molar-refractivity contribution in [2.24, 2.45) is 0 Å². The summed E-state index contributed by atoms with van der Waals surface area (Å²) in [5, 5.41) is 2.82. The van der Waals surface area contributed by atoms with Gasteiger partial charge in [-0.1, -0.05) is 24.3 Å². The fourth-order valence-electron chi connectivity index (χ4n) is 5.02. The predicted octanol–water partition coefficient (Wildman–Crippen LogP) is 4.76. The van der Waals surface area contributed by atoms with Crippen molar-refractivity contribution in [3.63, 3.8) is 0 Å². The molecule has 4 rings (SSSR count). The number of alkyl halides is 3. The normalized spacial score (nSPS) is 26.3. The molecule has 0 spiro atoms. The van der Waals surface area contributed by atoms with Gasteiger partial charge in [-0.05, 0) is 49.2 Å². The van der Waals surface area contributed by atoms with Gasteiger partial charge in [0.05, 0.1) is 37.6 Å². The zero-order valence-corrected chi connectivity index (χ0v) is 22.1. The molecular formula is C28H33F4NO6. The molecule has 0 aromatic heterocycles. The molecule has 1 aliphatic heterocycles. The van der Waals surface area contributed by atoms with Crippen molar-refractivity contribution in [3.05, 3.63) is 71.0 Å². The van der Waals surface area contributed by atoms with E-state index in [1.54, 1.807) is 26.0 Å². The standard InChI is InChI=1S/C28H33F4NO6/c1-26(2)38-23-15-27(25(34)33-10-11-35-3,37-17-19-7-5-9-21(29)13-19)14-22(24(23)39-26)36-16-18-6-4-8-20(12-18)28(30,31)32/h4-9,12-13,22-24H,10-11,14-17H2,1-3H3,(H,33,34)/t22?,23-,24+,27-/m1/s1. The number of fused-ring (bicyclic) bond motifs is 1. The van der Waals surface area contributed by atoms with Crippen molar-refractivity contribution in [2.75, 3.05) is 20.3 Å². The van der Waals surface area contributed by atoms with Gasteiger partial charge in [0.15, 0.2) is 11.4 Å². The zero-order chi connectivity index (χ0) is 28.3. The highest BCUT2D eigenvalue weighted by molar-refractivity contribution is 5.85. The number of amides is 1. The first-order valence-electron chi connectivity index (χ1n) is 12.7. The van der Waals surface area contributed by atoms with E-state index in [1.807, 2.05) is 0 Å². The minimum absolute atomic E-state index is 0.0424. The monoisotopic (exact) mass is 555 g/mol. The zero-order valence-electron chi connectivity index (χ0n) is 22.1. The summed E-state index contributed by atoms with van der Waals surface area (Å²) in [6, 6.07) is 10.7. The molecule has 1 heterocycles. The Kier molecular flexibility index (Phi) is 8.97. The number of hydrogen-bond acceptors (Lipinski definition) is 6. The summed E-state index contributed by atoms with van der Waals surface area (Å²) in [5.41, 5.74) is -1.37. The van der Waals surface area contributed by atoms with Gasteiger partial charge in [-0.3, -0.25) is 4.79 Å². The molecule has 1 saturated carbocycles. The van der Waals surface area contributed by atoms with Gasteiger partial charge >= 0.3 is 6.18 Å². The summed E-state index contributed by atoms with van der Waals surface area (Å²) in [4.78, 5) is 13.6. The van der Waals surface area contributed by atoms with Crippen LogP contribution >= 0.6 is 0 Å². The van der Waals surface area contributed by atoms with E-state index in [2.05, 4.69) is 5.32 Å². The van der Waals surface area contributed by atoms with Crippen LogP contribution in [0.4, 0.5) is 17.6 Å². The second-order valence-corrected chi connectivity index (χ2v) is 10.3. The maximum absolute atomic E-state index is 13.8. The first kappa shape index (κ1) is 29.4. The molecule has 7 nitrogen and oxygen atoms in total. The van der Waals surface area contributed by atoms with E-state index in [1.165, 1.54) is 31.4 Å². The summed E-state index contributed by atoms with van der Waals surface area (Å²) in [6.07, 6.45) is -6.23. The SMILES string of the molecule is COCCNC(=O)[C@@]1(OCc2cccc(F)c2)CC(OCc2cccc(C(F)(F)F)c2)[C@@H]2OC(C)(C)O[C@@H]2C1. The number of hydrogen-bond donors (Lipinski definition) is 1. The number of nitrogens with one attached hydrogen (secondary N) is 1. The van der Waals surface area contributed by atoms with Gasteiger partial charge < -0.3 is 29.0 Å². The summed E-state index contributed by atoms with van der Waals surface area (Å²) in [7, 11) is 1.51. The van der Waals surface area contributed by atoms with Crippen molar-refractivity contribution in [2.45, 2.75) is 75.8 Å². The summed E-state index contributed by atoms with van der Waals surface area (Å²) < 4.78 is 83.1. The van der Waals surface area contributed by atoms with Crippen LogP contribution in [0.25, 0.3) is 0 Å². The molecule has 1 N–H and O–H groups in total. The molecule has 2 aromatic rings. The first-order chi connectivity index (χ1) is 18.4. The molecule has 39 heavy (non-hydrogen) atoms.